The number of nitrogens with two attached hydrogens (primary N) is 1. The van der Waals surface area contributed by atoms with Crippen LogP contribution >= 0.6 is 0 Å². The Bertz CT molecular complexity index is 629. The van der Waals surface area contributed by atoms with Gasteiger partial charge in [-0.2, -0.15) is 0 Å². The second-order valence-electron chi connectivity index (χ2n) is 10.3. The molecule has 3 rings (SSSR count). The van der Waals surface area contributed by atoms with Crippen LogP contribution in [0.15, 0.2) is 0 Å². The average Bonchev–Trinajstić information content (AvgIpc) is 2.80. The predicted octanol–water partition coefficient (Wildman–Crippen LogP) is 3.73. The number of rotatable bonds is 10. The fourth-order valence-electron chi connectivity index (χ4n) is 5.87. The van der Waals surface area contributed by atoms with Gasteiger partial charge in [0.1, 0.15) is 6.04 Å². The zero-order valence-corrected chi connectivity index (χ0v) is 19.3. The maximum atomic E-state index is 12.9. The standard InChI is InChI=1S/C24H41N3O5/c25-23(28)22(15-18-5-2-1-3-6-18)26-24(29)19-7-4-8-21(16-19)32-14-13-17-9-11-20(12-10-17)27(30)31/h17-22H,1-16H2,(H2,25,28)(H,26,29). The monoisotopic (exact) mass is 451 g/mol. The highest BCUT2D eigenvalue weighted by atomic mass is 16.6. The minimum Gasteiger partial charge on any atom is -0.378 e. The molecule has 2 amide bonds. The lowest BCUT2D eigenvalue weighted by molar-refractivity contribution is -0.527. The summed E-state index contributed by atoms with van der Waals surface area (Å²) in [5.41, 5.74) is 5.61. The third-order valence-electron chi connectivity index (χ3n) is 7.94. The Balaban J connectivity index is 1.38. The largest absolute Gasteiger partial charge is 0.378 e. The number of carbonyl (C=O) groups excluding carboxylic acids is 2. The van der Waals surface area contributed by atoms with Crippen molar-refractivity contribution >= 4 is 11.8 Å². The van der Waals surface area contributed by atoms with Crippen molar-refractivity contribution in [1.82, 2.24) is 5.32 Å². The van der Waals surface area contributed by atoms with Crippen LogP contribution in [-0.2, 0) is 14.3 Å². The van der Waals surface area contributed by atoms with Gasteiger partial charge in [-0.15, -0.1) is 0 Å². The number of hydrogen-bond donors (Lipinski definition) is 2. The van der Waals surface area contributed by atoms with Gasteiger partial charge in [-0.25, -0.2) is 0 Å². The van der Waals surface area contributed by atoms with Crippen LogP contribution in [0.25, 0.3) is 0 Å². The van der Waals surface area contributed by atoms with E-state index in [1.165, 1.54) is 19.3 Å². The molecular weight excluding hydrogens is 410 g/mol. The molecule has 3 N–H and O–H groups in total. The van der Waals surface area contributed by atoms with Crippen molar-refractivity contribution in [2.24, 2.45) is 23.5 Å². The molecule has 3 aliphatic rings. The van der Waals surface area contributed by atoms with Gasteiger partial charge < -0.3 is 15.8 Å². The predicted molar refractivity (Wildman–Crippen MR) is 121 cm³/mol. The number of nitrogens with zero attached hydrogens (tertiary/aromatic N) is 1. The zero-order chi connectivity index (χ0) is 22.9. The maximum absolute atomic E-state index is 12.9. The van der Waals surface area contributed by atoms with E-state index in [1.54, 1.807) is 0 Å². The van der Waals surface area contributed by atoms with E-state index in [0.29, 0.717) is 44.1 Å². The molecule has 32 heavy (non-hydrogen) atoms. The van der Waals surface area contributed by atoms with Crippen LogP contribution in [0.5, 0.6) is 0 Å². The Morgan fingerprint density at radius 1 is 0.969 bits per heavy atom. The first kappa shape index (κ1) is 24.9. The molecule has 0 aromatic heterocycles. The summed E-state index contributed by atoms with van der Waals surface area (Å²) in [6.07, 6.45) is 14.1. The smallest absolute Gasteiger partial charge is 0.240 e. The molecule has 0 heterocycles. The first-order valence-corrected chi connectivity index (χ1v) is 12.8. The second kappa shape index (κ2) is 12.5. The SMILES string of the molecule is NC(=O)C(CC1CCCCC1)NC(=O)C1CCCC(OCCC2CCC([N+](=O)[O-])CC2)C1. The minimum atomic E-state index is -0.568. The zero-order valence-electron chi connectivity index (χ0n) is 19.3. The maximum Gasteiger partial charge on any atom is 0.240 e. The van der Waals surface area contributed by atoms with Gasteiger partial charge in [0, 0.05) is 30.3 Å². The summed E-state index contributed by atoms with van der Waals surface area (Å²) in [5.74, 6) is 0.363. The molecule has 0 radical (unpaired) electrons. The second-order valence-corrected chi connectivity index (χ2v) is 10.3. The van der Waals surface area contributed by atoms with Gasteiger partial charge in [-0.05, 0) is 56.8 Å². The van der Waals surface area contributed by atoms with Crippen LogP contribution in [0, 0.1) is 27.9 Å². The third kappa shape index (κ3) is 7.71. The molecule has 8 heteroatoms. The number of nitro groups is 1. The van der Waals surface area contributed by atoms with Gasteiger partial charge in [-0.3, -0.25) is 19.7 Å². The fraction of sp³-hybridized carbons (Fsp3) is 0.917. The molecule has 8 nitrogen and oxygen atoms in total. The molecule has 0 spiro atoms. The van der Waals surface area contributed by atoms with Gasteiger partial charge in [-0.1, -0.05) is 38.5 Å². The van der Waals surface area contributed by atoms with Crippen LogP contribution < -0.4 is 11.1 Å². The summed E-state index contributed by atoms with van der Waals surface area (Å²) in [7, 11) is 0. The van der Waals surface area contributed by atoms with E-state index < -0.39 is 11.9 Å². The highest BCUT2D eigenvalue weighted by molar-refractivity contribution is 5.87. The van der Waals surface area contributed by atoms with E-state index in [0.717, 1.165) is 51.4 Å². The Labute approximate surface area is 191 Å². The van der Waals surface area contributed by atoms with E-state index in [1.807, 2.05) is 0 Å². The topological polar surface area (TPSA) is 125 Å². The number of carbonyl (C=O) groups is 2. The number of nitrogens with one attached hydrogen (secondary N) is 1. The van der Waals surface area contributed by atoms with Crippen molar-refractivity contribution in [3.63, 3.8) is 0 Å². The summed E-state index contributed by atoms with van der Waals surface area (Å²) in [6, 6.07) is -0.937. The molecule has 3 aliphatic carbocycles. The fourth-order valence-corrected chi connectivity index (χ4v) is 5.87. The van der Waals surface area contributed by atoms with Gasteiger partial charge in [0.25, 0.3) is 0 Å². The first-order chi connectivity index (χ1) is 15.4. The molecule has 3 saturated carbocycles. The third-order valence-corrected chi connectivity index (χ3v) is 7.94. The van der Waals surface area contributed by atoms with Gasteiger partial charge in [0.05, 0.1) is 6.10 Å². The van der Waals surface area contributed by atoms with Crippen LogP contribution in [-0.4, -0.2) is 41.5 Å². The molecule has 0 aromatic rings. The van der Waals surface area contributed by atoms with E-state index in [2.05, 4.69) is 5.32 Å². The van der Waals surface area contributed by atoms with Crippen LogP contribution in [0.4, 0.5) is 0 Å². The molecule has 3 unspecified atom stereocenters. The summed E-state index contributed by atoms with van der Waals surface area (Å²) < 4.78 is 6.11. The quantitative estimate of drug-likeness (QED) is 0.387. The van der Waals surface area contributed by atoms with Crippen LogP contribution in [0.1, 0.15) is 96.3 Å². The van der Waals surface area contributed by atoms with E-state index >= 15 is 0 Å². The lowest BCUT2D eigenvalue weighted by atomic mass is 9.83. The van der Waals surface area contributed by atoms with Crippen LogP contribution in [0.3, 0.4) is 0 Å². The molecule has 3 atom stereocenters. The van der Waals surface area contributed by atoms with Gasteiger partial charge in [0.15, 0.2) is 0 Å². The lowest BCUT2D eigenvalue weighted by Crippen LogP contribution is -2.48. The molecule has 0 saturated heterocycles. The van der Waals surface area contributed by atoms with E-state index in [-0.39, 0.29) is 28.9 Å². The van der Waals surface area contributed by atoms with E-state index in [9.17, 15) is 19.7 Å². The number of amides is 2. The van der Waals surface area contributed by atoms with Crippen molar-refractivity contribution in [3.8, 4) is 0 Å². The highest BCUT2D eigenvalue weighted by Gasteiger charge is 2.32. The summed E-state index contributed by atoms with van der Waals surface area (Å²) in [6.45, 7) is 0.651. The first-order valence-electron chi connectivity index (χ1n) is 12.8. The van der Waals surface area contributed by atoms with Crippen molar-refractivity contribution in [2.75, 3.05) is 6.61 Å². The summed E-state index contributed by atoms with van der Waals surface area (Å²) in [5, 5.41) is 13.8. The molecule has 3 fully saturated rings. The molecule has 0 aliphatic heterocycles. The summed E-state index contributed by atoms with van der Waals surface area (Å²) in [4.78, 5) is 35.6. The molecule has 182 valence electrons. The van der Waals surface area contributed by atoms with Crippen molar-refractivity contribution < 1.29 is 19.2 Å². The summed E-state index contributed by atoms with van der Waals surface area (Å²) >= 11 is 0. The Hall–Kier alpha value is -1.70. The number of hydrogen-bond acceptors (Lipinski definition) is 5. The molecular formula is C24H41N3O5. The lowest BCUT2D eigenvalue weighted by Gasteiger charge is -2.31. The van der Waals surface area contributed by atoms with Gasteiger partial charge in [0.2, 0.25) is 17.9 Å². The minimum absolute atomic E-state index is 0.0592. The Morgan fingerprint density at radius 2 is 1.69 bits per heavy atom. The Kier molecular flexibility index (Phi) is 9.75. The number of primary amides is 1. The van der Waals surface area contributed by atoms with Crippen LogP contribution in [0.2, 0.25) is 0 Å². The average molecular weight is 452 g/mol. The van der Waals surface area contributed by atoms with Crippen molar-refractivity contribution in [1.29, 1.82) is 0 Å². The van der Waals surface area contributed by atoms with E-state index in [4.69, 9.17) is 10.5 Å². The molecule has 0 bridgehead atoms. The van der Waals surface area contributed by atoms with Gasteiger partial charge >= 0.3 is 0 Å². The van der Waals surface area contributed by atoms with Crippen molar-refractivity contribution in [3.05, 3.63) is 10.1 Å². The van der Waals surface area contributed by atoms with Crippen molar-refractivity contribution in [2.45, 2.75) is 114 Å². The highest BCUT2D eigenvalue weighted by Crippen LogP contribution is 2.31. The normalized spacial score (nSPS) is 30.4. The molecule has 0 aromatic carbocycles. The number of ether oxygens (including phenoxy) is 1. The Morgan fingerprint density at radius 3 is 2.34 bits per heavy atom.